The maximum absolute atomic E-state index is 13.9. The molecule has 286 valence electrons. The molecule has 6 rings (SSSR count). The second-order valence-electron chi connectivity index (χ2n) is 13.4. The highest BCUT2D eigenvalue weighted by Gasteiger charge is 2.36. The number of H-pyrrole nitrogens is 2. The zero-order chi connectivity index (χ0) is 39.9. The van der Waals surface area contributed by atoms with E-state index >= 15 is 0 Å². The maximum Gasteiger partial charge on any atom is 0.331 e. The number of rotatable bonds is 15. The molecule has 0 bridgehead atoms. The van der Waals surface area contributed by atoms with E-state index in [-0.39, 0.29) is 35.4 Å². The van der Waals surface area contributed by atoms with Crippen molar-refractivity contribution in [3.8, 4) is 11.4 Å². The van der Waals surface area contributed by atoms with E-state index in [4.69, 9.17) is 0 Å². The molecular formula is C42H40N6O8. The molecule has 0 saturated heterocycles. The van der Waals surface area contributed by atoms with E-state index in [9.17, 15) is 39.0 Å². The Hall–Kier alpha value is -7.22. The quantitative estimate of drug-likeness (QED) is 0.0753. The Morgan fingerprint density at radius 2 is 0.839 bits per heavy atom. The minimum Gasteiger partial charge on any atom is -0.479 e. The van der Waals surface area contributed by atoms with Gasteiger partial charge in [-0.25, -0.2) is 9.59 Å². The Morgan fingerprint density at radius 1 is 0.500 bits per heavy atom. The lowest BCUT2D eigenvalue weighted by Crippen LogP contribution is -2.49. The van der Waals surface area contributed by atoms with Gasteiger partial charge in [0.1, 0.15) is 12.1 Å². The van der Waals surface area contributed by atoms with E-state index in [1.165, 1.54) is 13.8 Å². The third kappa shape index (κ3) is 8.60. The molecular weight excluding hydrogens is 716 g/mol. The van der Waals surface area contributed by atoms with Crippen LogP contribution in [0, 0.1) is 0 Å². The molecule has 8 N–H and O–H groups in total. The molecule has 0 saturated carbocycles. The second kappa shape index (κ2) is 16.8. The van der Waals surface area contributed by atoms with Crippen LogP contribution < -0.4 is 21.3 Å². The summed E-state index contributed by atoms with van der Waals surface area (Å²) in [7, 11) is 0. The van der Waals surface area contributed by atoms with Crippen LogP contribution in [0.15, 0.2) is 109 Å². The summed E-state index contributed by atoms with van der Waals surface area (Å²) in [5, 5.41) is 32.8. The molecule has 0 aliphatic heterocycles. The monoisotopic (exact) mass is 756 g/mol. The average Bonchev–Trinajstić information content (AvgIpc) is 3.74. The molecule has 2 aromatic heterocycles. The number of benzene rings is 4. The summed E-state index contributed by atoms with van der Waals surface area (Å²) in [6, 6.07) is 25.8. The van der Waals surface area contributed by atoms with Crippen molar-refractivity contribution in [2.24, 2.45) is 0 Å². The van der Waals surface area contributed by atoms with Crippen LogP contribution >= 0.6 is 0 Å². The largest absolute Gasteiger partial charge is 0.479 e. The van der Waals surface area contributed by atoms with Crippen molar-refractivity contribution in [2.45, 2.75) is 50.9 Å². The molecule has 6 aromatic rings. The van der Waals surface area contributed by atoms with Crippen LogP contribution in [0.3, 0.4) is 0 Å². The number of nitrogens with one attached hydrogen (secondary N) is 6. The van der Waals surface area contributed by atoms with Crippen LogP contribution in [0.5, 0.6) is 0 Å². The zero-order valence-electron chi connectivity index (χ0n) is 30.5. The first-order valence-electron chi connectivity index (χ1n) is 17.8. The Bertz CT molecular complexity index is 2250. The fourth-order valence-electron chi connectivity index (χ4n) is 6.93. The molecule has 14 heteroatoms. The van der Waals surface area contributed by atoms with Crippen molar-refractivity contribution in [3.63, 3.8) is 0 Å². The van der Waals surface area contributed by atoms with E-state index in [2.05, 4.69) is 31.2 Å². The Balaban J connectivity index is 1.46. The number of aromatic amines is 2. The van der Waals surface area contributed by atoms with Gasteiger partial charge in [0.25, 0.3) is 0 Å². The summed E-state index contributed by atoms with van der Waals surface area (Å²) in [6.45, 7) is 2.51. The summed E-state index contributed by atoms with van der Waals surface area (Å²) in [4.78, 5) is 85.1. The van der Waals surface area contributed by atoms with Crippen molar-refractivity contribution in [1.82, 2.24) is 31.2 Å². The molecule has 0 fully saturated rings. The molecule has 0 spiro atoms. The van der Waals surface area contributed by atoms with Crippen molar-refractivity contribution in [3.05, 3.63) is 131 Å². The highest BCUT2D eigenvalue weighted by Crippen LogP contribution is 2.41. The van der Waals surface area contributed by atoms with E-state index in [0.29, 0.717) is 21.8 Å². The molecule has 4 amide bonds. The Kier molecular flexibility index (Phi) is 11.6. The number of aliphatic carboxylic acids is 2. The van der Waals surface area contributed by atoms with Gasteiger partial charge in [-0.15, -0.1) is 0 Å². The summed E-state index contributed by atoms with van der Waals surface area (Å²) in [6.07, 6.45) is 0.157. The fraction of sp³-hybridized carbons (Fsp3) is 0.190. The Labute approximate surface area is 320 Å². The number of carbonyl (C=O) groups excluding carboxylic acids is 4. The van der Waals surface area contributed by atoms with Crippen molar-refractivity contribution in [1.29, 1.82) is 0 Å². The molecule has 56 heavy (non-hydrogen) atoms. The number of aromatic nitrogens is 2. The number of hydrogen-bond donors (Lipinski definition) is 8. The van der Waals surface area contributed by atoms with Crippen LogP contribution in [-0.2, 0) is 41.6 Å². The maximum atomic E-state index is 13.9. The number of para-hydroxylation sites is 2. The van der Waals surface area contributed by atoms with Gasteiger partial charge in [0.2, 0.25) is 23.6 Å². The van der Waals surface area contributed by atoms with Gasteiger partial charge in [-0.05, 0) is 23.3 Å². The van der Waals surface area contributed by atoms with Crippen molar-refractivity contribution < 1.29 is 39.0 Å². The van der Waals surface area contributed by atoms with Crippen LogP contribution in [0.25, 0.3) is 33.2 Å². The van der Waals surface area contributed by atoms with Gasteiger partial charge in [0.05, 0.1) is 11.4 Å². The minimum atomic E-state index is -1.70. The van der Waals surface area contributed by atoms with Crippen molar-refractivity contribution >= 4 is 57.4 Å². The number of fused-ring (bicyclic) bond motifs is 2. The fourth-order valence-corrected chi connectivity index (χ4v) is 6.93. The molecule has 4 atom stereocenters. The van der Waals surface area contributed by atoms with Gasteiger partial charge >= 0.3 is 11.9 Å². The molecule has 0 aliphatic rings. The first-order valence-corrected chi connectivity index (χ1v) is 17.8. The van der Waals surface area contributed by atoms with Crippen molar-refractivity contribution in [2.75, 3.05) is 0 Å². The standard InChI is InChI=1S/C42H40N6O8/c1-23(49)43-31(21-25-13-5-3-6-14-25)39(51)47-37(41(53)54)33-27-17-9-11-19-29(27)45-35(33)36-34(28-18-10-12-20-30(28)46-36)38(42(55)56)48-40(52)32(44-24(2)50)22-26-15-7-4-8-16-26/h3-20,31-32,37-38,45-46H,21-22H2,1-2H3,(H,43,49)(H,44,50)(H,47,51)(H,48,52)(H,53,54)(H,55,56). The normalized spacial score (nSPS) is 13.2. The predicted octanol–water partition coefficient (Wildman–Crippen LogP) is 4.29. The second-order valence-corrected chi connectivity index (χ2v) is 13.4. The van der Waals surface area contributed by atoms with Crippen LogP contribution in [0.1, 0.15) is 48.2 Å². The SMILES string of the molecule is CC(=O)NC(Cc1ccccc1)C(=O)NC(C(=O)O)c1c(-c2[nH]c3ccccc3c2C(NC(=O)C(Cc2ccccc2)NC(C)=O)C(=O)O)[nH]c2ccccc12. The average molecular weight is 757 g/mol. The first kappa shape index (κ1) is 38.5. The number of amides is 4. The smallest absolute Gasteiger partial charge is 0.331 e. The summed E-state index contributed by atoms with van der Waals surface area (Å²) in [5.41, 5.74) is 2.92. The predicted molar refractivity (Wildman–Crippen MR) is 208 cm³/mol. The number of hydrogen-bond acceptors (Lipinski definition) is 6. The topological polar surface area (TPSA) is 223 Å². The summed E-state index contributed by atoms with van der Waals surface area (Å²) >= 11 is 0. The van der Waals surface area contributed by atoms with Gasteiger partial charge < -0.3 is 41.4 Å². The summed E-state index contributed by atoms with van der Waals surface area (Å²) in [5.74, 6) is -5.36. The lowest BCUT2D eigenvalue weighted by Gasteiger charge is -2.23. The molecule has 0 aliphatic carbocycles. The van der Waals surface area contributed by atoms with Gasteiger partial charge in [-0.1, -0.05) is 97.1 Å². The summed E-state index contributed by atoms with van der Waals surface area (Å²) < 4.78 is 0. The van der Waals surface area contributed by atoms with E-state index in [1.807, 2.05) is 0 Å². The first-order chi connectivity index (χ1) is 26.9. The van der Waals surface area contributed by atoms with Gasteiger partial charge in [0.15, 0.2) is 12.1 Å². The third-order valence-electron chi connectivity index (χ3n) is 9.34. The van der Waals surface area contributed by atoms with Gasteiger partial charge in [0, 0.05) is 59.6 Å². The minimum absolute atomic E-state index is 0.0786. The van der Waals surface area contributed by atoms with Crippen LogP contribution in [0.2, 0.25) is 0 Å². The van der Waals surface area contributed by atoms with E-state index in [1.54, 1.807) is 109 Å². The van der Waals surface area contributed by atoms with Gasteiger partial charge in [-0.3, -0.25) is 19.2 Å². The molecule has 2 heterocycles. The number of carbonyl (C=O) groups is 6. The lowest BCUT2D eigenvalue weighted by atomic mass is 9.95. The molecule has 14 nitrogen and oxygen atoms in total. The van der Waals surface area contributed by atoms with E-state index < -0.39 is 59.7 Å². The zero-order valence-corrected chi connectivity index (χ0v) is 30.5. The highest BCUT2D eigenvalue weighted by atomic mass is 16.4. The Morgan fingerprint density at radius 3 is 1.18 bits per heavy atom. The molecule has 4 aromatic carbocycles. The lowest BCUT2D eigenvalue weighted by molar-refractivity contribution is -0.142. The number of carboxylic acids is 2. The number of carboxylic acid groups (broad SMARTS) is 2. The van der Waals surface area contributed by atoms with Crippen LogP contribution in [0.4, 0.5) is 0 Å². The molecule has 4 unspecified atom stereocenters. The van der Waals surface area contributed by atoms with Crippen LogP contribution in [-0.4, -0.2) is 67.8 Å². The van der Waals surface area contributed by atoms with E-state index in [0.717, 1.165) is 11.1 Å². The van der Waals surface area contributed by atoms with Gasteiger partial charge in [-0.2, -0.15) is 0 Å². The highest BCUT2D eigenvalue weighted by molar-refractivity contribution is 6.03. The molecule has 0 radical (unpaired) electrons. The third-order valence-corrected chi connectivity index (χ3v) is 9.34.